The number of aromatic hydroxyl groups is 1. The van der Waals surface area contributed by atoms with Crippen molar-refractivity contribution in [2.45, 2.75) is 18.9 Å². The Morgan fingerprint density at radius 1 is 1.53 bits per heavy atom. The number of phenolic OH excluding ortho intramolecular Hbond substituents is 1. The van der Waals surface area contributed by atoms with Gasteiger partial charge in [-0.2, -0.15) is 0 Å². The molecule has 0 radical (unpaired) electrons. The maximum atomic E-state index is 12.0. The van der Waals surface area contributed by atoms with Crippen molar-refractivity contribution in [1.29, 1.82) is 0 Å². The van der Waals surface area contributed by atoms with E-state index in [0.29, 0.717) is 24.4 Å². The Morgan fingerprint density at radius 3 is 2.89 bits per heavy atom. The van der Waals surface area contributed by atoms with E-state index in [9.17, 15) is 14.7 Å². The van der Waals surface area contributed by atoms with Crippen LogP contribution in [0.2, 0.25) is 5.02 Å². The number of amides is 2. The largest absolute Gasteiger partial charge is 0.507 e. The minimum absolute atomic E-state index is 0.0832. The lowest BCUT2D eigenvalue weighted by Gasteiger charge is -2.30. The molecule has 6 heteroatoms. The predicted octanol–water partition coefficient (Wildman–Crippen LogP) is 1.40. The highest BCUT2D eigenvalue weighted by Crippen LogP contribution is 2.22. The van der Waals surface area contributed by atoms with Crippen LogP contribution in [0.4, 0.5) is 0 Å². The summed E-state index contributed by atoms with van der Waals surface area (Å²) in [6.45, 7) is 0.485. The van der Waals surface area contributed by atoms with Crippen molar-refractivity contribution in [1.82, 2.24) is 10.2 Å². The Hall–Kier alpha value is -1.75. The van der Waals surface area contributed by atoms with E-state index >= 15 is 0 Å². The zero-order valence-corrected chi connectivity index (χ0v) is 11.3. The van der Waals surface area contributed by atoms with Crippen molar-refractivity contribution in [2.75, 3.05) is 13.6 Å². The second-order valence-corrected chi connectivity index (χ2v) is 5.08. The quantitative estimate of drug-likeness (QED) is 0.861. The summed E-state index contributed by atoms with van der Waals surface area (Å²) in [5.74, 6) is -0.424. The Labute approximate surface area is 116 Å². The van der Waals surface area contributed by atoms with Crippen LogP contribution in [0.3, 0.4) is 0 Å². The summed E-state index contributed by atoms with van der Waals surface area (Å²) in [7, 11) is 1.71. The molecule has 1 saturated heterocycles. The third kappa shape index (κ3) is 3.17. The highest BCUT2D eigenvalue weighted by atomic mass is 35.5. The van der Waals surface area contributed by atoms with Crippen molar-refractivity contribution >= 4 is 23.4 Å². The number of benzene rings is 1. The highest BCUT2D eigenvalue weighted by Gasteiger charge is 2.25. The first kappa shape index (κ1) is 13.7. The number of carbonyl (C=O) groups is 2. The molecular formula is C13H15ClN2O3. The highest BCUT2D eigenvalue weighted by molar-refractivity contribution is 6.30. The van der Waals surface area contributed by atoms with E-state index in [4.69, 9.17) is 11.6 Å². The molecule has 1 aromatic rings. The number of nitrogens with zero attached hydrogens (tertiary/aromatic N) is 1. The number of hydrogen-bond donors (Lipinski definition) is 2. The molecule has 1 aliphatic rings. The molecule has 0 aromatic heterocycles. The van der Waals surface area contributed by atoms with Crippen LogP contribution in [0.5, 0.6) is 5.75 Å². The molecule has 1 aliphatic heterocycles. The van der Waals surface area contributed by atoms with Crippen molar-refractivity contribution in [3.8, 4) is 5.75 Å². The van der Waals surface area contributed by atoms with E-state index in [2.05, 4.69) is 5.32 Å². The summed E-state index contributed by atoms with van der Waals surface area (Å²) >= 11 is 5.71. The van der Waals surface area contributed by atoms with E-state index < -0.39 is 0 Å². The molecule has 1 heterocycles. The van der Waals surface area contributed by atoms with Crippen molar-refractivity contribution < 1.29 is 14.7 Å². The lowest BCUT2D eigenvalue weighted by molar-refractivity contribution is -0.132. The molecule has 1 fully saturated rings. The summed E-state index contributed by atoms with van der Waals surface area (Å²) in [6.07, 6.45) is 1.04. The maximum Gasteiger partial charge on any atom is 0.255 e. The number of likely N-dealkylation sites (tertiary alicyclic amines) is 1. The molecule has 19 heavy (non-hydrogen) atoms. The number of hydrogen-bond acceptors (Lipinski definition) is 3. The molecule has 0 saturated carbocycles. The zero-order chi connectivity index (χ0) is 14.0. The average molecular weight is 283 g/mol. The first-order chi connectivity index (χ1) is 8.97. The molecule has 1 aromatic carbocycles. The summed E-state index contributed by atoms with van der Waals surface area (Å²) in [6, 6.07) is 4.26. The minimum atomic E-state index is -0.359. The number of carbonyl (C=O) groups excluding carboxylic acids is 2. The molecule has 1 atom stereocenters. The number of likely N-dealkylation sites (N-methyl/N-ethyl adjacent to an activating group) is 1. The number of phenols is 1. The van der Waals surface area contributed by atoms with Gasteiger partial charge in [-0.1, -0.05) is 11.6 Å². The SMILES string of the molecule is CN1CC(NC(=O)c2ccc(Cl)cc2O)CCC1=O. The first-order valence-electron chi connectivity index (χ1n) is 6.00. The molecule has 0 aliphatic carbocycles. The summed E-state index contributed by atoms with van der Waals surface area (Å²) in [5.41, 5.74) is 0.184. The van der Waals surface area contributed by atoms with E-state index in [-0.39, 0.29) is 29.2 Å². The molecule has 2 N–H and O–H groups in total. The second kappa shape index (κ2) is 5.48. The minimum Gasteiger partial charge on any atom is -0.507 e. The average Bonchev–Trinajstić information content (AvgIpc) is 2.33. The van der Waals surface area contributed by atoms with Gasteiger partial charge in [0.2, 0.25) is 5.91 Å². The van der Waals surface area contributed by atoms with Gasteiger partial charge in [0.1, 0.15) is 5.75 Å². The van der Waals surface area contributed by atoms with E-state index in [1.165, 1.54) is 12.1 Å². The van der Waals surface area contributed by atoms with E-state index in [1.54, 1.807) is 18.0 Å². The van der Waals surface area contributed by atoms with Gasteiger partial charge >= 0.3 is 0 Å². The lowest BCUT2D eigenvalue weighted by Crippen LogP contribution is -2.48. The molecule has 102 valence electrons. The summed E-state index contributed by atoms with van der Waals surface area (Å²) in [4.78, 5) is 25.0. The molecule has 1 unspecified atom stereocenters. The van der Waals surface area contributed by atoms with Gasteiger partial charge < -0.3 is 15.3 Å². The van der Waals surface area contributed by atoms with Gasteiger partial charge in [0.05, 0.1) is 5.56 Å². The van der Waals surface area contributed by atoms with Gasteiger partial charge in [-0.25, -0.2) is 0 Å². The van der Waals surface area contributed by atoms with Crippen LogP contribution in [0.25, 0.3) is 0 Å². The number of halogens is 1. The van der Waals surface area contributed by atoms with Crippen LogP contribution >= 0.6 is 11.6 Å². The Balaban J connectivity index is 2.03. The fourth-order valence-electron chi connectivity index (χ4n) is 2.09. The standard InChI is InChI=1S/C13H15ClN2O3/c1-16-7-9(3-5-12(16)18)15-13(19)10-4-2-8(14)6-11(10)17/h2,4,6,9,17H,3,5,7H2,1H3,(H,15,19). The van der Waals surface area contributed by atoms with Gasteiger partial charge in [0, 0.05) is 31.1 Å². The normalized spacial score (nSPS) is 19.4. The van der Waals surface area contributed by atoms with E-state index in [1.807, 2.05) is 0 Å². The number of piperidine rings is 1. The smallest absolute Gasteiger partial charge is 0.255 e. The van der Waals surface area contributed by atoms with Crippen LogP contribution in [0.15, 0.2) is 18.2 Å². The van der Waals surface area contributed by atoms with Crippen LogP contribution in [-0.4, -0.2) is 41.5 Å². The number of rotatable bonds is 2. The Morgan fingerprint density at radius 2 is 2.26 bits per heavy atom. The third-order valence-electron chi connectivity index (χ3n) is 3.17. The molecule has 5 nitrogen and oxygen atoms in total. The van der Waals surface area contributed by atoms with Crippen LogP contribution in [-0.2, 0) is 4.79 Å². The number of nitrogens with one attached hydrogen (secondary N) is 1. The van der Waals surface area contributed by atoms with Crippen molar-refractivity contribution in [3.63, 3.8) is 0 Å². The maximum absolute atomic E-state index is 12.0. The lowest BCUT2D eigenvalue weighted by atomic mass is 10.0. The summed E-state index contributed by atoms with van der Waals surface area (Å²) in [5, 5.41) is 12.9. The monoisotopic (exact) mass is 282 g/mol. The molecule has 2 amide bonds. The van der Waals surface area contributed by atoms with Crippen LogP contribution < -0.4 is 5.32 Å². The topological polar surface area (TPSA) is 69.6 Å². The summed E-state index contributed by atoms with van der Waals surface area (Å²) < 4.78 is 0. The molecule has 0 bridgehead atoms. The Kier molecular flexibility index (Phi) is 3.95. The van der Waals surface area contributed by atoms with Gasteiger partial charge in [-0.05, 0) is 24.6 Å². The molecule has 0 spiro atoms. The fourth-order valence-corrected chi connectivity index (χ4v) is 2.26. The fraction of sp³-hybridized carbons (Fsp3) is 0.385. The second-order valence-electron chi connectivity index (χ2n) is 4.64. The molecule has 2 rings (SSSR count). The predicted molar refractivity (Wildman–Crippen MR) is 71.2 cm³/mol. The van der Waals surface area contributed by atoms with Gasteiger partial charge in [0.15, 0.2) is 0 Å². The Bertz CT molecular complexity index is 519. The van der Waals surface area contributed by atoms with Crippen molar-refractivity contribution in [2.24, 2.45) is 0 Å². The third-order valence-corrected chi connectivity index (χ3v) is 3.40. The van der Waals surface area contributed by atoms with Gasteiger partial charge in [0.25, 0.3) is 5.91 Å². The molecular weight excluding hydrogens is 268 g/mol. The van der Waals surface area contributed by atoms with Crippen LogP contribution in [0.1, 0.15) is 23.2 Å². The van der Waals surface area contributed by atoms with Gasteiger partial charge in [-0.3, -0.25) is 9.59 Å². The zero-order valence-electron chi connectivity index (χ0n) is 10.5. The van der Waals surface area contributed by atoms with Crippen molar-refractivity contribution in [3.05, 3.63) is 28.8 Å². The van der Waals surface area contributed by atoms with Gasteiger partial charge in [-0.15, -0.1) is 0 Å². The first-order valence-corrected chi connectivity index (χ1v) is 6.38. The van der Waals surface area contributed by atoms with E-state index in [0.717, 1.165) is 0 Å². The van der Waals surface area contributed by atoms with Crippen LogP contribution in [0, 0.1) is 0 Å².